The van der Waals surface area contributed by atoms with E-state index in [-0.39, 0.29) is 11.3 Å². The largest absolute Gasteiger partial charge is 0.494 e. The number of aromatic carboxylic acids is 1. The van der Waals surface area contributed by atoms with E-state index in [0.29, 0.717) is 12.2 Å². The molecule has 0 saturated heterocycles. The first-order valence-corrected chi connectivity index (χ1v) is 6.89. The van der Waals surface area contributed by atoms with Crippen molar-refractivity contribution in [3.63, 3.8) is 0 Å². The van der Waals surface area contributed by atoms with E-state index in [1.54, 1.807) is 42.5 Å². The normalized spacial score (nSPS) is 10.6. The molecule has 2 aromatic carbocycles. The number of carboxylic acid groups (broad SMARTS) is 1. The zero-order valence-electron chi connectivity index (χ0n) is 12.2. The molecule has 0 radical (unpaired) electrons. The lowest BCUT2D eigenvalue weighted by Crippen LogP contribution is -1.96. The van der Waals surface area contributed by atoms with Crippen LogP contribution < -0.4 is 4.74 Å². The molecule has 4 heteroatoms. The Labute approximate surface area is 128 Å². The summed E-state index contributed by atoms with van der Waals surface area (Å²) in [5.41, 5.74) is 1.56. The van der Waals surface area contributed by atoms with Gasteiger partial charge in [-0.2, -0.15) is 0 Å². The Morgan fingerprint density at radius 2 is 1.59 bits per heavy atom. The first-order valence-electron chi connectivity index (χ1n) is 6.89. The van der Waals surface area contributed by atoms with Gasteiger partial charge in [-0.1, -0.05) is 18.2 Å². The Kier molecular flexibility index (Phi) is 5.09. The van der Waals surface area contributed by atoms with Gasteiger partial charge < -0.3 is 9.84 Å². The smallest absolute Gasteiger partial charge is 0.335 e. The zero-order valence-corrected chi connectivity index (χ0v) is 12.2. The SMILES string of the molecule is CCOc1ccc(C(=O)C=Cc2ccc(C(=O)O)cc2)cc1. The first-order chi connectivity index (χ1) is 10.6. The van der Waals surface area contributed by atoms with E-state index < -0.39 is 5.97 Å². The summed E-state index contributed by atoms with van der Waals surface area (Å²) >= 11 is 0. The molecule has 0 aliphatic rings. The second-order valence-electron chi connectivity index (χ2n) is 4.58. The fraction of sp³-hybridized carbons (Fsp3) is 0.111. The van der Waals surface area contributed by atoms with Gasteiger partial charge in [0.15, 0.2) is 5.78 Å². The van der Waals surface area contributed by atoms with Crippen LogP contribution in [0.3, 0.4) is 0 Å². The van der Waals surface area contributed by atoms with E-state index >= 15 is 0 Å². The van der Waals surface area contributed by atoms with Crippen molar-refractivity contribution in [2.45, 2.75) is 6.92 Å². The molecule has 0 aliphatic carbocycles. The monoisotopic (exact) mass is 296 g/mol. The summed E-state index contributed by atoms with van der Waals surface area (Å²) in [6.45, 7) is 2.48. The number of benzene rings is 2. The standard InChI is InChI=1S/C18H16O4/c1-2-22-16-10-8-14(9-11-16)17(19)12-5-13-3-6-15(7-4-13)18(20)21/h3-12H,2H2,1H3,(H,20,21). The van der Waals surface area contributed by atoms with Crippen molar-refractivity contribution < 1.29 is 19.4 Å². The van der Waals surface area contributed by atoms with Crippen molar-refractivity contribution in [3.8, 4) is 5.75 Å². The summed E-state index contributed by atoms with van der Waals surface area (Å²) < 4.78 is 5.32. The molecular formula is C18H16O4. The highest BCUT2D eigenvalue weighted by Crippen LogP contribution is 2.13. The van der Waals surface area contributed by atoms with E-state index in [2.05, 4.69) is 0 Å². The predicted molar refractivity (Wildman–Crippen MR) is 84.4 cm³/mol. The number of ketones is 1. The first kappa shape index (κ1) is 15.5. The molecule has 0 aromatic heterocycles. The molecule has 0 unspecified atom stereocenters. The number of carboxylic acids is 1. The highest BCUT2D eigenvalue weighted by molar-refractivity contribution is 6.06. The molecule has 0 saturated carbocycles. The molecule has 22 heavy (non-hydrogen) atoms. The minimum atomic E-state index is -0.971. The molecule has 1 N–H and O–H groups in total. The van der Waals surface area contributed by atoms with Crippen molar-refractivity contribution in [2.24, 2.45) is 0 Å². The average Bonchev–Trinajstić information content (AvgIpc) is 2.54. The molecule has 0 fully saturated rings. The van der Waals surface area contributed by atoms with E-state index in [0.717, 1.165) is 11.3 Å². The second-order valence-corrected chi connectivity index (χ2v) is 4.58. The summed E-state index contributed by atoms with van der Waals surface area (Å²) in [5.74, 6) is -0.362. The van der Waals surface area contributed by atoms with Crippen molar-refractivity contribution in [3.05, 3.63) is 71.3 Å². The maximum absolute atomic E-state index is 12.0. The van der Waals surface area contributed by atoms with Gasteiger partial charge in [-0.05, 0) is 55.0 Å². The lowest BCUT2D eigenvalue weighted by Gasteiger charge is -2.02. The molecule has 0 aliphatic heterocycles. The van der Waals surface area contributed by atoms with Gasteiger partial charge in [-0.15, -0.1) is 0 Å². The fourth-order valence-electron chi connectivity index (χ4n) is 1.89. The van der Waals surface area contributed by atoms with Crippen LogP contribution in [0, 0.1) is 0 Å². The van der Waals surface area contributed by atoms with Gasteiger partial charge in [0.1, 0.15) is 5.75 Å². The third kappa shape index (κ3) is 4.06. The van der Waals surface area contributed by atoms with Crippen LogP contribution in [0.15, 0.2) is 54.6 Å². The minimum Gasteiger partial charge on any atom is -0.494 e. The molecule has 0 amide bonds. The van der Waals surface area contributed by atoms with Crippen LogP contribution in [0.2, 0.25) is 0 Å². The maximum atomic E-state index is 12.0. The number of carbonyl (C=O) groups is 2. The van der Waals surface area contributed by atoms with Gasteiger partial charge in [-0.25, -0.2) is 4.79 Å². The molecule has 0 heterocycles. The Morgan fingerprint density at radius 1 is 1.00 bits per heavy atom. The third-order valence-electron chi connectivity index (χ3n) is 3.03. The average molecular weight is 296 g/mol. The van der Waals surface area contributed by atoms with E-state index in [9.17, 15) is 9.59 Å². The molecule has 4 nitrogen and oxygen atoms in total. The summed E-state index contributed by atoms with van der Waals surface area (Å²) in [6, 6.07) is 13.3. The van der Waals surface area contributed by atoms with E-state index in [1.807, 2.05) is 6.92 Å². The van der Waals surface area contributed by atoms with Gasteiger partial charge in [0.05, 0.1) is 12.2 Å². The number of hydrogen-bond acceptors (Lipinski definition) is 3. The Morgan fingerprint density at radius 3 is 2.14 bits per heavy atom. The van der Waals surface area contributed by atoms with Crippen molar-refractivity contribution >= 4 is 17.8 Å². The Bertz CT molecular complexity index is 682. The van der Waals surface area contributed by atoms with Crippen molar-refractivity contribution in [2.75, 3.05) is 6.61 Å². The van der Waals surface area contributed by atoms with Crippen LogP contribution >= 0.6 is 0 Å². The number of allylic oxidation sites excluding steroid dienone is 1. The predicted octanol–water partition coefficient (Wildman–Crippen LogP) is 3.68. The molecule has 0 bridgehead atoms. The van der Waals surface area contributed by atoms with Gasteiger partial charge in [0.2, 0.25) is 0 Å². The van der Waals surface area contributed by atoms with Gasteiger partial charge in [-0.3, -0.25) is 4.79 Å². The van der Waals surface area contributed by atoms with Crippen LogP contribution in [0.5, 0.6) is 5.75 Å². The lowest BCUT2D eigenvalue weighted by molar-refractivity contribution is 0.0696. The molecular weight excluding hydrogens is 280 g/mol. The third-order valence-corrected chi connectivity index (χ3v) is 3.03. The highest BCUT2D eigenvalue weighted by Gasteiger charge is 2.03. The van der Waals surface area contributed by atoms with Crippen LogP contribution in [0.4, 0.5) is 0 Å². The molecule has 2 rings (SSSR count). The summed E-state index contributed by atoms with van der Waals surface area (Å²) in [7, 11) is 0. The Hall–Kier alpha value is -2.88. The fourth-order valence-corrected chi connectivity index (χ4v) is 1.89. The van der Waals surface area contributed by atoms with Crippen LogP contribution in [0.25, 0.3) is 6.08 Å². The van der Waals surface area contributed by atoms with Crippen molar-refractivity contribution in [1.82, 2.24) is 0 Å². The van der Waals surface area contributed by atoms with E-state index in [1.165, 1.54) is 18.2 Å². The number of ether oxygens (including phenoxy) is 1. The maximum Gasteiger partial charge on any atom is 0.335 e. The van der Waals surface area contributed by atoms with Crippen LogP contribution in [-0.2, 0) is 0 Å². The van der Waals surface area contributed by atoms with Gasteiger partial charge in [0.25, 0.3) is 0 Å². The second kappa shape index (κ2) is 7.22. The zero-order chi connectivity index (χ0) is 15.9. The summed E-state index contributed by atoms with van der Waals surface area (Å²) in [4.78, 5) is 22.8. The van der Waals surface area contributed by atoms with Gasteiger partial charge >= 0.3 is 5.97 Å². The lowest BCUT2D eigenvalue weighted by atomic mass is 10.1. The number of rotatable bonds is 6. The van der Waals surface area contributed by atoms with E-state index in [4.69, 9.17) is 9.84 Å². The molecule has 2 aromatic rings. The van der Waals surface area contributed by atoms with Crippen LogP contribution in [0.1, 0.15) is 33.2 Å². The highest BCUT2D eigenvalue weighted by atomic mass is 16.5. The molecule has 112 valence electrons. The quantitative estimate of drug-likeness (QED) is 0.652. The number of carbonyl (C=O) groups excluding carboxylic acids is 1. The summed E-state index contributed by atoms with van der Waals surface area (Å²) in [6.07, 6.45) is 3.12. The Balaban J connectivity index is 2.05. The van der Waals surface area contributed by atoms with Crippen molar-refractivity contribution in [1.29, 1.82) is 0 Å². The topological polar surface area (TPSA) is 63.6 Å². The molecule has 0 atom stereocenters. The summed E-state index contributed by atoms with van der Waals surface area (Å²) in [5, 5.41) is 8.82. The molecule has 0 spiro atoms. The van der Waals surface area contributed by atoms with Crippen LogP contribution in [-0.4, -0.2) is 23.5 Å². The van der Waals surface area contributed by atoms with Gasteiger partial charge in [0, 0.05) is 5.56 Å². The number of hydrogen-bond donors (Lipinski definition) is 1. The minimum absolute atomic E-state index is 0.120.